The van der Waals surface area contributed by atoms with Gasteiger partial charge >= 0.3 is 0 Å². The molecule has 1 aromatic carbocycles. The topological polar surface area (TPSA) is 78.0 Å². The van der Waals surface area contributed by atoms with Crippen LogP contribution in [0.1, 0.15) is 25.6 Å². The third kappa shape index (κ3) is 3.16. The molecule has 0 aliphatic rings. The molecule has 0 bridgehead atoms. The Bertz CT molecular complexity index is 703. The number of nitrogen functional groups attached to an aromatic ring is 1. The maximum atomic E-state index is 13.2. The first-order valence-corrected chi connectivity index (χ1v) is 7.76. The summed E-state index contributed by atoms with van der Waals surface area (Å²) < 4.78 is 39.3. The lowest BCUT2D eigenvalue weighted by Gasteiger charge is -2.05. The average molecular weight is 297 g/mol. The maximum Gasteiger partial charge on any atom is 0.184 e. The van der Waals surface area contributed by atoms with Crippen molar-refractivity contribution >= 4 is 15.5 Å². The lowest BCUT2D eigenvalue weighted by atomic mass is 10.3. The van der Waals surface area contributed by atoms with Crippen molar-refractivity contribution in [1.29, 1.82) is 0 Å². The highest BCUT2D eigenvalue weighted by Gasteiger charge is 2.18. The molecule has 2 N–H and O–H groups in total. The van der Waals surface area contributed by atoms with Crippen LogP contribution in [0.2, 0.25) is 0 Å². The van der Waals surface area contributed by atoms with Crippen molar-refractivity contribution in [3.8, 4) is 0 Å². The lowest BCUT2D eigenvalue weighted by molar-refractivity contribution is 0.527. The summed E-state index contributed by atoms with van der Waals surface area (Å²) >= 11 is 0. The number of halogens is 1. The molecule has 1 aromatic heterocycles. The van der Waals surface area contributed by atoms with E-state index in [0.717, 1.165) is 12.1 Å². The van der Waals surface area contributed by atoms with Crippen LogP contribution < -0.4 is 5.73 Å². The van der Waals surface area contributed by atoms with E-state index in [0.29, 0.717) is 5.69 Å². The highest BCUT2D eigenvalue weighted by atomic mass is 32.2. The quantitative estimate of drug-likeness (QED) is 0.877. The molecule has 0 spiro atoms. The van der Waals surface area contributed by atoms with E-state index in [1.807, 2.05) is 13.8 Å². The zero-order valence-corrected chi connectivity index (χ0v) is 12.1. The number of anilines is 1. The molecule has 2 rings (SSSR count). The summed E-state index contributed by atoms with van der Waals surface area (Å²) in [6, 6.07) is 5.08. The Kier molecular flexibility index (Phi) is 3.80. The molecule has 0 saturated carbocycles. The molecule has 1 heterocycles. The van der Waals surface area contributed by atoms with Crippen molar-refractivity contribution in [2.45, 2.75) is 30.5 Å². The van der Waals surface area contributed by atoms with E-state index in [1.54, 1.807) is 16.9 Å². The molecule has 5 nitrogen and oxygen atoms in total. The second kappa shape index (κ2) is 5.24. The molecule has 7 heteroatoms. The number of hydrogen-bond acceptors (Lipinski definition) is 4. The van der Waals surface area contributed by atoms with Gasteiger partial charge < -0.3 is 5.73 Å². The van der Waals surface area contributed by atoms with Crippen molar-refractivity contribution in [1.82, 2.24) is 9.78 Å². The molecule has 108 valence electrons. The summed E-state index contributed by atoms with van der Waals surface area (Å²) in [5, 5.41) is 4.18. The SMILES string of the molecule is CC(C)n1ccc(CS(=O)(=O)c2cc(N)cc(F)c2)n1. The van der Waals surface area contributed by atoms with Crippen LogP contribution in [0.15, 0.2) is 35.4 Å². The molecule has 0 aliphatic carbocycles. The largest absolute Gasteiger partial charge is 0.399 e. The molecule has 0 aliphatic heterocycles. The predicted molar refractivity (Wildman–Crippen MR) is 74.3 cm³/mol. The van der Waals surface area contributed by atoms with E-state index >= 15 is 0 Å². The van der Waals surface area contributed by atoms with Gasteiger partial charge in [0.1, 0.15) is 5.82 Å². The second-order valence-electron chi connectivity index (χ2n) is 4.86. The number of aromatic nitrogens is 2. The lowest BCUT2D eigenvalue weighted by Crippen LogP contribution is -2.08. The summed E-state index contributed by atoms with van der Waals surface area (Å²) in [7, 11) is -3.67. The molecule has 20 heavy (non-hydrogen) atoms. The molecule has 2 aromatic rings. The third-order valence-corrected chi connectivity index (χ3v) is 4.41. The zero-order chi connectivity index (χ0) is 14.9. The first kappa shape index (κ1) is 14.5. The number of rotatable bonds is 4. The Morgan fingerprint density at radius 3 is 2.60 bits per heavy atom. The van der Waals surface area contributed by atoms with Crippen LogP contribution >= 0.6 is 0 Å². The predicted octanol–water partition coefficient (Wildman–Crippen LogP) is 2.16. The smallest absolute Gasteiger partial charge is 0.184 e. The Hall–Kier alpha value is -1.89. The van der Waals surface area contributed by atoms with Crippen LogP contribution in [0.25, 0.3) is 0 Å². The van der Waals surface area contributed by atoms with Gasteiger partial charge in [-0.1, -0.05) is 0 Å². The molecule has 0 fully saturated rings. The normalized spacial score (nSPS) is 12.0. The Morgan fingerprint density at radius 2 is 2.05 bits per heavy atom. The van der Waals surface area contributed by atoms with E-state index < -0.39 is 15.7 Å². The number of benzene rings is 1. The first-order chi connectivity index (χ1) is 9.28. The molecular formula is C13H16FN3O2S. The van der Waals surface area contributed by atoms with Crippen molar-refractivity contribution in [3.63, 3.8) is 0 Å². The van der Waals surface area contributed by atoms with Gasteiger partial charge in [0.2, 0.25) is 0 Å². The van der Waals surface area contributed by atoms with Gasteiger partial charge in [-0.3, -0.25) is 4.68 Å². The summed E-state index contributed by atoms with van der Waals surface area (Å²) in [6.45, 7) is 3.89. The van der Waals surface area contributed by atoms with Gasteiger partial charge in [-0.2, -0.15) is 5.10 Å². The highest BCUT2D eigenvalue weighted by molar-refractivity contribution is 7.90. The fraction of sp³-hybridized carbons (Fsp3) is 0.308. The summed E-state index contributed by atoms with van der Waals surface area (Å²) in [6.07, 6.45) is 1.72. The van der Waals surface area contributed by atoms with Crippen molar-refractivity contribution in [2.24, 2.45) is 0 Å². The van der Waals surface area contributed by atoms with Crippen molar-refractivity contribution in [2.75, 3.05) is 5.73 Å². The van der Waals surface area contributed by atoms with E-state index in [-0.39, 0.29) is 22.4 Å². The van der Waals surface area contributed by atoms with Gasteiger partial charge in [0.15, 0.2) is 9.84 Å². The Morgan fingerprint density at radius 1 is 1.35 bits per heavy atom. The van der Waals surface area contributed by atoms with Crippen LogP contribution in [-0.2, 0) is 15.6 Å². The molecular weight excluding hydrogens is 281 g/mol. The summed E-state index contributed by atoms with van der Waals surface area (Å²) in [5.41, 5.74) is 5.97. The molecule has 0 atom stereocenters. The van der Waals surface area contributed by atoms with Crippen LogP contribution in [-0.4, -0.2) is 18.2 Å². The zero-order valence-electron chi connectivity index (χ0n) is 11.2. The molecule has 0 amide bonds. The summed E-state index contributed by atoms with van der Waals surface area (Å²) in [4.78, 5) is -0.130. The highest BCUT2D eigenvalue weighted by Crippen LogP contribution is 2.20. The van der Waals surface area contributed by atoms with Gasteiger partial charge in [-0.25, -0.2) is 12.8 Å². The van der Waals surface area contributed by atoms with E-state index in [4.69, 9.17) is 5.73 Å². The standard InChI is InChI=1S/C13H16FN3O2S/c1-9(2)17-4-3-12(16-17)8-20(18,19)13-6-10(14)5-11(15)7-13/h3-7,9H,8,15H2,1-2H3. The van der Waals surface area contributed by atoms with Gasteiger partial charge in [0.25, 0.3) is 0 Å². The average Bonchev–Trinajstić information content (AvgIpc) is 2.75. The van der Waals surface area contributed by atoms with E-state index in [9.17, 15) is 12.8 Å². The van der Waals surface area contributed by atoms with Gasteiger partial charge in [0.05, 0.1) is 16.3 Å². The number of sulfone groups is 1. The van der Waals surface area contributed by atoms with Crippen LogP contribution in [0.4, 0.5) is 10.1 Å². The fourth-order valence-corrected chi connectivity index (χ4v) is 3.10. The van der Waals surface area contributed by atoms with Crippen LogP contribution in [0.5, 0.6) is 0 Å². The van der Waals surface area contributed by atoms with Crippen molar-refractivity contribution in [3.05, 3.63) is 42.0 Å². The van der Waals surface area contributed by atoms with Gasteiger partial charge in [0, 0.05) is 17.9 Å². The number of nitrogens with zero attached hydrogens (tertiary/aromatic N) is 2. The Balaban J connectivity index is 2.30. The minimum atomic E-state index is -3.67. The molecule has 0 radical (unpaired) electrons. The third-order valence-electron chi connectivity index (χ3n) is 2.78. The maximum absolute atomic E-state index is 13.2. The second-order valence-corrected chi connectivity index (χ2v) is 6.85. The van der Waals surface area contributed by atoms with Crippen LogP contribution in [0, 0.1) is 5.82 Å². The Labute approximate surface area is 117 Å². The number of nitrogens with two attached hydrogens (primary N) is 1. The fourth-order valence-electron chi connectivity index (χ4n) is 1.78. The number of hydrogen-bond donors (Lipinski definition) is 1. The summed E-state index contributed by atoms with van der Waals surface area (Å²) in [5.74, 6) is -0.952. The van der Waals surface area contributed by atoms with E-state index in [1.165, 1.54) is 6.07 Å². The molecule has 0 unspecified atom stereocenters. The first-order valence-electron chi connectivity index (χ1n) is 6.11. The minimum absolute atomic E-state index is 0.0799. The monoisotopic (exact) mass is 297 g/mol. The minimum Gasteiger partial charge on any atom is -0.399 e. The van der Waals surface area contributed by atoms with Crippen LogP contribution in [0.3, 0.4) is 0 Å². The van der Waals surface area contributed by atoms with Crippen molar-refractivity contribution < 1.29 is 12.8 Å². The van der Waals surface area contributed by atoms with E-state index in [2.05, 4.69) is 5.10 Å². The van der Waals surface area contributed by atoms with Gasteiger partial charge in [-0.15, -0.1) is 0 Å². The van der Waals surface area contributed by atoms with Gasteiger partial charge in [-0.05, 0) is 38.1 Å². The molecule has 0 saturated heterocycles.